The van der Waals surface area contributed by atoms with Crippen molar-refractivity contribution in [2.45, 2.75) is 19.9 Å². The average Bonchev–Trinajstić information content (AvgIpc) is 3.13. The van der Waals surface area contributed by atoms with Crippen LogP contribution in [0.5, 0.6) is 11.5 Å². The molecule has 1 atom stereocenters. The molecule has 0 bridgehead atoms. The first kappa shape index (κ1) is 16.9. The molecule has 0 radical (unpaired) electrons. The molecule has 7 nitrogen and oxygen atoms in total. The van der Waals surface area contributed by atoms with Crippen molar-refractivity contribution in [3.05, 3.63) is 42.4 Å². The highest BCUT2D eigenvalue weighted by Gasteiger charge is 2.26. The Morgan fingerprint density at radius 1 is 1.08 bits per heavy atom. The molecule has 1 unspecified atom stereocenters. The molecule has 2 heterocycles. The number of rotatable bonds is 5. The summed E-state index contributed by atoms with van der Waals surface area (Å²) in [4.78, 5) is 24.7. The molecule has 0 saturated carbocycles. The molecule has 1 aliphatic rings. The first-order valence-corrected chi connectivity index (χ1v) is 8.09. The zero-order chi connectivity index (χ0) is 17.8. The number of hydrogen-bond acceptors (Lipinski definition) is 5. The first-order valence-electron chi connectivity index (χ1n) is 8.09. The minimum Gasteiger partial charge on any atom is -0.486 e. The van der Waals surface area contributed by atoms with Crippen molar-refractivity contribution in [2.75, 3.05) is 18.5 Å². The molecule has 1 aliphatic heterocycles. The largest absolute Gasteiger partial charge is 0.486 e. The maximum absolute atomic E-state index is 12.6. The van der Waals surface area contributed by atoms with E-state index >= 15 is 0 Å². The van der Waals surface area contributed by atoms with Gasteiger partial charge in [0.2, 0.25) is 5.91 Å². The molecule has 1 aromatic heterocycles. The van der Waals surface area contributed by atoms with E-state index in [9.17, 15) is 9.59 Å². The molecule has 2 aromatic rings. The molecule has 0 fully saturated rings. The Hall–Kier alpha value is -2.96. The van der Waals surface area contributed by atoms with E-state index in [1.54, 1.807) is 30.3 Å². The van der Waals surface area contributed by atoms with Crippen LogP contribution < -0.4 is 20.1 Å². The summed E-state index contributed by atoms with van der Waals surface area (Å²) in [6, 6.07) is 7.65. The Labute approximate surface area is 145 Å². The van der Waals surface area contributed by atoms with Crippen LogP contribution in [0.25, 0.3) is 0 Å². The van der Waals surface area contributed by atoms with Crippen LogP contribution in [0.15, 0.2) is 41.0 Å². The van der Waals surface area contributed by atoms with Crippen molar-refractivity contribution in [1.82, 2.24) is 5.32 Å². The van der Waals surface area contributed by atoms with Gasteiger partial charge in [-0.05, 0) is 30.2 Å². The zero-order valence-corrected chi connectivity index (χ0v) is 14.1. The number of carbonyl (C=O) groups excluding carboxylic acids is 2. The van der Waals surface area contributed by atoms with Gasteiger partial charge < -0.3 is 24.5 Å². The van der Waals surface area contributed by atoms with Crippen LogP contribution in [0.2, 0.25) is 0 Å². The molecule has 0 saturated heterocycles. The lowest BCUT2D eigenvalue weighted by Crippen LogP contribution is -2.47. The molecule has 7 heteroatoms. The fourth-order valence-electron chi connectivity index (χ4n) is 2.50. The molecular weight excluding hydrogens is 324 g/mol. The summed E-state index contributed by atoms with van der Waals surface area (Å²) >= 11 is 0. The van der Waals surface area contributed by atoms with Crippen molar-refractivity contribution in [3.63, 3.8) is 0 Å². The van der Waals surface area contributed by atoms with Gasteiger partial charge in [-0.2, -0.15) is 0 Å². The van der Waals surface area contributed by atoms with Gasteiger partial charge in [0.25, 0.3) is 5.91 Å². The number of anilines is 1. The van der Waals surface area contributed by atoms with Crippen LogP contribution in [-0.2, 0) is 4.79 Å². The van der Waals surface area contributed by atoms with Gasteiger partial charge in [0, 0.05) is 11.8 Å². The van der Waals surface area contributed by atoms with Gasteiger partial charge in [0.1, 0.15) is 19.3 Å². The lowest BCUT2D eigenvalue weighted by molar-refractivity contribution is -0.118. The highest BCUT2D eigenvalue weighted by atomic mass is 16.6. The molecule has 2 N–H and O–H groups in total. The van der Waals surface area contributed by atoms with Gasteiger partial charge >= 0.3 is 0 Å². The SMILES string of the molecule is CC(C)C(NC(=O)c1ccco1)C(=O)Nc1ccc2c(c1)OCCO2. The molecule has 0 spiro atoms. The number of fused-ring (bicyclic) bond motifs is 1. The monoisotopic (exact) mass is 344 g/mol. The molecular formula is C18H20N2O5. The summed E-state index contributed by atoms with van der Waals surface area (Å²) in [5.74, 6) is 0.557. The quantitative estimate of drug-likeness (QED) is 0.869. The molecule has 3 rings (SSSR count). The fourth-order valence-corrected chi connectivity index (χ4v) is 2.50. The van der Waals surface area contributed by atoms with Crippen molar-refractivity contribution >= 4 is 17.5 Å². The third-order valence-electron chi connectivity index (χ3n) is 3.79. The second-order valence-electron chi connectivity index (χ2n) is 6.02. The number of carbonyl (C=O) groups is 2. The van der Waals surface area contributed by atoms with E-state index in [-0.39, 0.29) is 17.6 Å². The molecule has 2 amide bonds. The Kier molecular flexibility index (Phi) is 4.92. The topological polar surface area (TPSA) is 89.8 Å². The molecule has 0 aliphatic carbocycles. The van der Waals surface area contributed by atoms with Crippen molar-refractivity contribution < 1.29 is 23.5 Å². The van der Waals surface area contributed by atoms with Crippen molar-refractivity contribution in [3.8, 4) is 11.5 Å². The van der Waals surface area contributed by atoms with Crippen LogP contribution in [-0.4, -0.2) is 31.1 Å². The Bertz CT molecular complexity index is 755. The van der Waals surface area contributed by atoms with E-state index in [1.165, 1.54) is 6.26 Å². The minimum atomic E-state index is -0.703. The van der Waals surface area contributed by atoms with Gasteiger partial charge in [-0.1, -0.05) is 13.8 Å². The highest BCUT2D eigenvalue weighted by Crippen LogP contribution is 2.32. The summed E-state index contributed by atoms with van der Waals surface area (Å²) in [6.45, 7) is 4.69. The highest BCUT2D eigenvalue weighted by molar-refractivity contribution is 6.00. The third kappa shape index (κ3) is 3.93. The maximum Gasteiger partial charge on any atom is 0.287 e. The molecule has 1 aromatic carbocycles. The Balaban J connectivity index is 1.69. The number of ether oxygens (including phenoxy) is 2. The van der Waals surface area contributed by atoms with E-state index in [4.69, 9.17) is 13.9 Å². The second-order valence-corrected chi connectivity index (χ2v) is 6.02. The first-order chi connectivity index (χ1) is 12.0. The number of nitrogens with one attached hydrogen (secondary N) is 2. The summed E-state index contributed by atoms with van der Waals surface area (Å²) in [7, 11) is 0. The predicted octanol–water partition coefficient (Wildman–Crippen LogP) is 2.44. The number of amides is 2. The van der Waals surface area contributed by atoms with E-state index < -0.39 is 11.9 Å². The van der Waals surface area contributed by atoms with Crippen molar-refractivity contribution in [2.24, 2.45) is 5.92 Å². The van der Waals surface area contributed by atoms with Crippen LogP contribution in [0.4, 0.5) is 5.69 Å². The van der Waals surface area contributed by atoms with Gasteiger partial charge in [-0.3, -0.25) is 9.59 Å². The maximum atomic E-state index is 12.6. The van der Waals surface area contributed by atoms with Crippen LogP contribution in [0, 0.1) is 5.92 Å². The van der Waals surface area contributed by atoms with E-state index in [0.717, 1.165) is 0 Å². The van der Waals surface area contributed by atoms with Gasteiger partial charge in [-0.25, -0.2) is 0 Å². The Morgan fingerprint density at radius 3 is 2.52 bits per heavy atom. The summed E-state index contributed by atoms with van der Waals surface area (Å²) < 4.78 is 16.0. The second kappa shape index (κ2) is 7.29. The van der Waals surface area contributed by atoms with Gasteiger partial charge in [0.05, 0.1) is 6.26 Å². The average molecular weight is 344 g/mol. The molecule has 132 valence electrons. The van der Waals surface area contributed by atoms with Crippen LogP contribution in [0.1, 0.15) is 24.4 Å². The lowest BCUT2D eigenvalue weighted by Gasteiger charge is -2.22. The fraction of sp³-hybridized carbons (Fsp3) is 0.333. The lowest BCUT2D eigenvalue weighted by atomic mass is 10.0. The number of furan rings is 1. The standard InChI is InChI=1S/C18H20N2O5/c1-11(2)16(20-17(21)14-4-3-7-23-14)18(22)19-12-5-6-13-15(10-12)25-9-8-24-13/h3-7,10-11,16H,8-9H2,1-2H3,(H,19,22)(H,20,21). The molecule has 25 heavy (non-hydrogen) atoms. The van der Waals surface area contributed by atoms with Gasteiger partial charge in [0.15, 0.2) is 17.3 Å². The predicted molar refractivity (Wildman–Crippen MR) is 90.9 cm³/mol. The Morgan fingerprint density at radius 2 is 1.84 bits per heavy atom. The summed E-state index contributed by atoms with van der Waals surface area (Å²) in [5, 5.41) is 5.50. The van der Waals surface area contributed by atoms with E-state index in [1.807, 2.05) is 13.8 Å². The summed E-state index contributed by atoms with van der Waals surface area (Å²) in [6.07, 6.45) is 1.41. The smallest absolute Gasteiger partial charge is 0.287 e. The third-order valence-corrected chi connectivity index (χ3v) is 3.79. The minimum absolute atomic E-state index is 0.101. The van der Waals surface area contributed by atoms with Crippen molar-refractivity contribution in [1.29, 1.82) is 0 Å². The zero-order valence-electron chi connectivity index (χ0n) is 14.1. The van der Waals surface area contributed by atoms with E-state index in [2.05, 4.69) is 10.6 Å². The number of hydrogen-bond donors (Lipinski definition) is 2. The van der Waals surface area contributed by atoms with E-state index in [0.29, 0.717) is 30.4 Å². The normalized spacial score (nSPS) is 14.0. The van der Waals surface area contributed by atoms with Crippen LogP contribution in [0.3, 0.4) is 0 Å². The van der Waals surface area contributed by atoms with Crippen LogP contribution >= 0.6 is 0 Å². The van der Waals surface area contributed by atoms with Gasteiger partial charge in [-0.15, -0.1) is 0 Å². The number of benzene rings is 1. The summed E-state index contributed by atoms with van der Waals surface area (Å²) in [5.41, 5.74) is 0.576.